The van der Waals surface area contributed by atoms with Gasteiger partial charge in [-0.1, -0.05) is 25.1 Å². The molecule has 2 bridgehead atoms. The zero-order chi connectivity index (χ0) is 18.8. The third-order valence-electron chi connectivity index (χ3n) is 5.39. The van der Waals surface area contributed by atoms with Crippen LogP contribution in [0.1, 0.15) is 31.7 Å². The standard InChI is InChI=1S/C20H24N2O4/c1-3-5-16(23)21-14-6-4-7-15(11(14)2)22-19(24)17-12-8-9-13(10-12)18(17)20(25)26/h4,6-9,12-13,17-18H,3,5,10H2,1-2H3,(H,21,23)(H,22,24)(H,25,26)/t12-,13-,17-,18-/m0/s1. The van der Waals surface area contributed by atoms with Gasteiger partial charge in [-0.3, -0.25) is 14.4 Å². The summed E-state index contributed by atoms with van der Waals surface area (Å²) in [6, 6.07) is 5.32. The predicted octanol–water partition coefficient (Wildman–Crippen LogP) is 3.20. The van der Waals surface area contributed by atoms with E-state index in [4.69, 9.17) is 0 Å². The Balaban J connectivity index is 1.76. The highest BCUT2D eigenvalue weighted by molar-refractivity contribution is 5.98. The van der Waals surface area contributed by atoms with Crippen LogP contribution < -0.4 is 10.6 Å². The van der Waals surface area contributed by atoms with Crippen molar-refractivity contribution in [1.29, 1.82) is 0 Å². The number of aliphatic carboxylic acids is 1. The number of amides is 2. The molecule has 0 spiro atoms. The van der Waals surface area contributed by atoms with Gasteiger partial charge in [0.25, 0.3) is 0 Å². The lowest BCUT2D eigenvalue weighted by Gasteiger charge is -2.24. The van der Waals surface area contributed by atoms with Crippen LogP contribution in [-0.2, 0) is 14.4 Å². The predicted molar refractivity (Wildman–Crippen MR) is 98.7 cm³/mol. The number of hydrogen-bond acceptors (Lipinski definition) is 3. The Morgan fingerprint density at radius 1 is 1.08 bits per heavy atom. The van der Waals surface area contributed by atoms with E-state index in [0.717, 1.165) is 18.4 Å². The topological polar surface area (TPSA) is 95.5 Å². The molecule has 4 atom stereocenters. The molecular weight excluding hydrogens is 332 g/mol. The summed E-state index contributed by atoms with van der Waals surface area (Å²) < 4.78 is 0. The fourth-order valence-electron chi connectivity index (χ4n) is 4.08. The summed E-state index contributed by atoms with van der Waals surface area (Å²) in [5.74, 6) is -2.56. The van der Waals surface area contributed by atoms with Crippen LogP contribution in [0.4, 0.5) is 11.4 Å². The smallest absolute Gasteiger partial charge is 0.307 e. The maximum atomic E-state index is 12.8. The van der Waals surface area contributed by atoms with Crippen molar-refractivity contribution in [1.82, 2.24) is 0 Å². The summed E-state index contributed by atoms with van der Waals surface area (Å²) in [7, 11) is 0. The number of carbonyl (C=O) groups excluding carboxylic acids is 2. The molecule has 0 heterocycles. The van der Waals surface area contributed by atoms with Gasteiger partial charge in [-0.05, 0) is 49.3 Å². The number of benzene rings is 1. The van der Waals surface area contributed by atoms with E-state index < -0.39 is 17.8 Å². The van der Waals surface area contributed by atoms with E-state index in [0.29, 0.717) is 17.8 Å². The Kier molecular flexibility index (Phi) is 5.11. The third kappa shape index (κ3) is 3.36. The minimum absolute atomic E-state index is 0.0196. The molecule has 2 aliphatic rings. The van der Waals surface area contributed by atoms with Crippen molar-refractivity contribution in [3.05, 3.63) is 35.9 Å². The molecule has 1 aromatic rings. The van der Waals surface area contributed by atoms with Gasteiger partial charge in [-0.25, -0.2) is 0 Å². The normalized spacial score (nSPS) is 25.9. The summed E-state index contributed by atoms with van der Waals surface area (Å²) in [4.78, 5) is 36.3. The fourth-order valence-corrected chi connectivity index (χ4v) is 4.08. The molecule has 0 radical (unpaired) electrons. The van der Waals surface area contributed by atoms with Crippen LogP contribution in [0.5, 0.6) is 0 Å². The van der Waals surface area contributed by atoms with Crippen LogP contribution in [0, 0.1) is 30.6 Å². The molecule has 3 N–H and O–H groups in total. The number of nitrogens with one attached hydrogen (secondary N) is 2. The Bertz CT molecular complexity index is 771. The Hall–Kier alpha value is -2.63. The quantitative estimate of drug-likeness (QED) is 0.682. The lowest BCUT2D eigenvalue weighted by atomic mass is 9.82. The zero-order valence-corrected chi connectivity index (χ0v) is 15.0. The van der Waals surface area contributed by atoms with Crippen LogP contribution >= 0.6 is 0 Å². The van der Waals surface area contributed by atoms with Crippen LogP contribution in [0.3, 0.4) is 0 Å². The number of carboxylic acid groups (broad SMARTS) is 1. The molecule has 0 aromatic heterocycles. The van der Waals surface area contributed by atoms with Gasteiger partial charge >= 0.3 is 5.97 Å². The molecule has 0 saturated heterocycles. The number of anilines is 2. The number of fused-ring (bicyclic) bond motifs is 2. The van der Waals surface area contributed by atoms with Crippen molar-refractivity contribution in [2.75, 3.05) is 10.6 Å². The van der Waals surface area contributed by atoms with Crippen molar-refractivity contribution in [3.63, 3.8) is 0 Å². The SMILES string of the molecule is CCCC(=O)Nc1cccc(NC(=O)[C@@H]2[C@@H](C(=O)O)[C@H]3C=C[C@H]2C3)c1C. The first-order valence-corrected chi connectivity index (χ1v) is 9.03. The van der Waals surface area contributed by atoms with Gasteiger partial charge in [0.15, 0.2) is 0 Å². The molecule has 3 rings (SSSR count). The average molecular weight is 356 g/mol. The summed E-state index contributed by atoms with van der Waals surface area (Å²) in [6.45, 7) is 3.76. The lowest BCUT2D eigenvalue weighted by Crippen LogP contribution is -2.36. The Morgan fingerprint density at radius 3 is 2.31 bits per heavy atom. The summed E-state index contributed by atoms with van der Waals surface area (Å²) in [5.41, 5.74) is 2.01. The van der Waals surface area contributed by atoms with E-state index in [-0.39, 0.29) is 23.7 Å². The van der Waals surface area contributed by atoms with Crippen molar-refractivity contribution in [3.8, 4) is 0 Å². The molecule has 2 amide bonds. The van der Waals surface area contributed by atoms with Crippen molar-refractivity contribution >= 4 is 29.2 Å². The second kappa shape index (κ2) is 7.32. The van der Waals surface area contributed by atoms with E-state index in [1.54, 1.807) is 18.2 Å². The summed E-state index contributed by atoms with van der Waals surface area (Å²) >= 11 is 0. The minimum atomic E-state index is -0.917. The molecule has 138 valence electrons. The first-order chi connectivity index (χ1) is 12.4. The van der Waals surface area contributed by atoms with E-state index in [9.17, 15) is 19.5 Å². The van der Waals surface area contributed by atoms with E-state index in [2.05, 4.69) is 10.6 Å². The van der Waals surface area contributed by atoms with Gasteiger partial charge in [0.2, 0.25) is 11.8 Å². The van der Waals surface area contributed by atoms with Crippen LogP contribution in [-0.4, -0.2) is 22.9 Å². The van der Waals surface area contributed by atoms with Gasteiger partial charge < -0.3 is 15.7 Å². The van der Waals surface area contributed by atoms with E-state index in [1.807, 2.05) is 26.0 Å². The molecule has 0 unspecified atom stereocenters. The second-order valence-electron chi connectivity index (χ2n) is 7.10. The Morgan fingerprint density at radius 2 is 1.69 bits per heavy atom. The first kappa shape index (κ1) is 18.2. The molecular formula is C20H24N2O4. The number of carboxylic acids is 1. The number of hydrogen-bond donors (Lipinski definition) is 3. The number of rotatable bonds is 6. The van der Waals surface area contributed by atoms with E-state index >= 15 is 0 Å². The molecule has 26 heavy (non-hydrogen) atoms. The molecule has 0 aliphatic heterocycles. The molecule has 1 aromatic carbocycles. The second-order valence-corrected chi connectivity index (χ2v) is 7.10. The van der Waals surface area contributed by atoms with Crippen molar-refractivity contribution < 1.29 is 19.5 Å². The summed E-state index contributed by atoms with van der Waals surface area (Å²) in [5, 5.41) is 15.2. The van der Waals surface area contributed by atoms with Gasteiger partial charge in [0, 0.05) is 17.8 Å². The van der Waals surface area contributed by atoms with Gasteiger partial charge in [-0.15, -0.1) is 0 Å². The van der Waals surface area contributed by atoms with Crippen molar-refractivity contribution in [2.45, 2.75) is 33.1 Å². The van der Waals surface area contributed by atoms with Gasteiger partial charge in [0.05, 0.1) is 11.8 Å². The van der Waals surface area contributed by atoms with Crippen LogP contribution in [0.25, 0.3) is 0 Å². The largest absolute Gasteiger partial charge is 0.481 e. The first-order valence-electron chi connectivity index (χ1n) is 9.03. The van der Waals surface area contributed by atoms with Crippen LogP contribution in [0.2, 0.25) is 0 Å². The molecule has 2 aliphatic carbocycles. The lowest BCUT2D eigenvalue weighted by molar-refractivity contribution is -0.146. The molecule has 1 fully saturated rings. The minimum Gasteiger partial charge on any atom is -0.481 e. The average Bonchev–Trinajstić information content (AvgIpc) is 3.19. The third-order valence-corrected chi connectivity index (χ3v) is 5.39. The fraction of sp³-hybridized carbons (Fsp3) is 0.450. The number of carbonyl (C=O) groups is 3. The monoisotopic (exact) mass is 356 g/mol. The maximum absolute atomic E-state index is 12.8. The van der Waals surface area contributed by atoms with Crippen molar-refractivity contribution in [2.24, 2.45) is 23.7 Å². The molecule has 6 nitrogen and oxygen atoms in total. The highest BCUT2D eigenvalue weighted by atomic mass is 16.4. The van der Waals surface area contributed by atoms with Gasteiger partial charge in [-0.2, -0.15) is 0 Å². The molecule has 6 heteroatoms. The van der Waals surface area contributed by atoms with Gasteiger partial charge in [0.1, 0.15) is 0 Å². The Labute approximate surface area is 152 Å². The van der Waals surface area contributed by atoms with Crippen LogP contribution in [0.15, 0.2) is 30.4 Å². The highest BCUT2D eigenvalue weighted by Crippen LogP contribution is 2.48. The molecule has 1 saturated carbocycles. The summed E-state index contributed by atoms with van der Waals surface area (Å²) in [6.07, 6.45) is 5.80. The maximum Gasteiger partial charge on any atom is 0.307 e. The highest BCUT2D eigenvalue weighted by Gasteiger charge is 2.51. The van der Waals surface area contributed by atoms with E-state index in [1.165, 1.54) is 0 Å². The number of allylic oxidation sites excluding steroid dienone is 2. The zero-order valence-electron chi connectivity index (χ0n) is 15.0.